The average Bonchev–Trinajstić information content (AvgIpc) is 3.06. The van der Waals surface area contributed by atoms with Gasteiger partial charge in [-0.05, 0) is 50.6 Å². The van der Waals surface area contributed by atoms with Crippen molar-refractivity contribution in [1.82, 2.24) is 10.2 Å². The van der Waals surface area contributed by atoms with Gasteiger partial charge >= 0.3 is 0 Å². The lowest BCUT2D eigenvalue weighted by Gasteiger charge is -2.27. The van der Waals surface area contributed by atoms with Gasteiger partial charge in [-0.25, -0.2) is 0 Å². The smallest absolute Gasteiger partial charge is 0.255 e. The van der Waals surface area contributed by atoms with Crippen LogP contribution in [-0.4, -0.2) is 29.0 Å². The van der Waals surface area contributed by atoms with E-state index in [-0.39, 0.29) is 11.7 Å². The van der Waals surface area contributed by atoms with Crippen molar-refractivity contribution in [3.05, 3.63) is 64.9 Å². The van der Waals surface area contributed by atoms with E-state index in [1.807, 2.05) is 30.3 Å². The Morgan fingerprint density at radius 2 is 1.86 bits per heavy atom. The van der Waals surface area contributed by atoms with E-state index in [1.165, 1.54) is 19.3 Å². The number of amides is 1. The molecule has 2 heterocycles. The Bertz CT molecular complexity index is 972. The van der Waals surface area contributed by atoms with Gasteiger partial charge in [0.1, 0.15) is 17.1 Å². The molecule has 0 unspecified atom stereocenters. The van der Waals surface area contributed by atoms with Crippen molar-refractivity contribution >= 4 is 16.9 Å². The molecular formula is C23H26N2O3. The molecule has 0 spiro atoms. The minimum absolute atomic E-state index is 0.175. The quantitative estimate of drug-likeness (QED) is 0.692. The number of piperidine rings is 1. The summed E-state index contributed by atoms with van der Waals surface area (Å²) in [6.07, 6.45) is 3.60. The van der Waals surface area contributed by atoms with E-state index in [9.17, 15) is 9.90 Å². The third-order valence-corrected chi connectivity index (χ3v) is 5.47. The predicted molar refractivity (Wildman–Crippen MR) is 109 cm³/mol. The Morgan fingerprint density at radius 3 is 2.61 bits per heavy atom. The second kappa shape index (κ2) is 8.07. The largest absolute Gasteiger partial charge is 0.508 e. The van der Waals surface area contributed by atoms with Crippen molar-refractivity contribution < 1.29 is 14.3 Å². The number of phenols is 1. The maximum atomic E-state index is 13.0. The number of fused-ring (bicyclic) bond motifs is 1. The number of carbonyl (C=O) groups is 1. The molecule has 0 atom stereocenters. The van der Waals surface area contributed by atoms with Gasteiger partial charge < -0.3 is 14.8 Å². The molecule has 5 heteroatoms. The normalized spacial score (nSPS) is 15.0. The summed E-state index contributed by atoms with van der Waals surface area (Å²) < 4.78 is 5.87. The lowest BCUT2D eigenvalue weighted by Crippen LogP contribution is -2.29. The first-order valence-corrected chi connectivity index (χ1v) is 9.92. The lowest BCUT2D eigenvalue weighted by atomic mass is 10.0. The molecule has 2 aromatic carbocycles. The van der Waals surface area contributed by atoms with E-state index >= 15 is 0 Å². The third-order valence-electron chi connectivity index (χ3n) is 5.47. The van der Waals surface area contributed by atoms with Crippen molar-refractivity contribution in [2.75, 3.05) is 13.1 Å². The molecule has 0 radical (unpaired) electrons. The summed E-state index contributed by atoms with van der Waals surface area (Å²) in [4.78, 5) is 15.3. The molecule has 2 N–H and O–H groups in total. The van der Waals surface area contributed by atoms with Gasteiger partial charge in [0.15, 0.2) is 0 Å². The number of hydrogen-bond acceptors (Lipinski definition) is 4. The molecule has 28 heavy (non-hydrogen) atoms. The maximum Gasteiger partial charge on any atom is 0.255 e. The fraction of sp³-hybridized carbons (Fsp3) is 0.348. The molecule has 1 fully saturated rings. The number of rotatable bonds is 5. The Labute approximate surface area is 165 Å². The van der Waals surface area contributed by atoms with Crippen molar-refractivity contribution in [2.45, 2.75) is 39.3 Å². The minimum atomic E-state index is -0.175. The van der Waals surface area contributed by atoms with Crippen LogP contribution in [0.25, 0.3) is 11.0 Å². The topological polar surface area (TPSA) is 65.7 Å². The van der Waals surface area contributed by atoms with Crippen LogP contribution in [0.5, 0.6) is 5.75 Å². The number of furan rings is 1. The summed E-state index contributed by atoms with van der Waals surface area (Å²) in [5.74, 6) is 0.618. The van der Waals surface area contributed by atoms with Gasteiger partial charge in [0.2, 0.25) is 0 Å². The summed E-state index contributed by atoms with van der Waals surface area (Å²) >= 11 is 0. The lowest BCUT2D eigenvalue weighted by molar-refractivity contribution is 0.0950. The van der Waals surface area contributed by atoms with Crippen LogP contribution in [0.4, 0.5) is 0 Å². The first-order valence-electron chi connectivity index (χ1n) is 9.92. The zero-order valence-electron chi connectivity index (χ0n) is 16.2. The number of aryl methyl sites for hydroxylation is 1. The number of carbonyl (C=O) groups excluding carboxylic acids is 1. The molecule has 1 aliphatic heterocycles. The summed E-state index contributed by atoms with van der Waals surface area (Å²) in [6.45, 7) is 4.91. The summed E-state index contributed by atoms with van der Waals surface area (Å²) in [5, 5.41) is 14.3. The van der Waals surface area contributed by atoms with E-state index in [1.54, 1.807) is 19.1 Å². The van der Waals surface area contributed by atoms with Gasteiger partial charge in [0.05, 0.1) is 5.56 Å². The summed E-state index contributed by atoms with van der Waals surface area (Å²) in [7, 11) is 0. The molecule has 4 rings (SSSR count). The van der Waals surface area contributed by atoms with Gasteiger partial charge in [0, 0.05) is 24.0 Å². The standard InChI is InChI=1S/C23H26N2O3/c1-16-21(23(27)24-14-17-8-4-2-5-9-17)22-18(15-25-12-6-3-7-13-25)19(26)10-11-20(22)28-16/h2,4-5,8-11,26H,3,6-7,12-15H2,1H3,(H,24,27). The van der Waals surface area contributed by atoms with Crippen molar-refractivity contribution in [3.8, 4) is 5.75 Å². The Balaban J connectivity index is 1.66. The van der Waals surface area contributed by atoms with Crippen LogP contribution in [-0.2, 0) is 13.1 Å². The summed E-state index contributed by atoms with van der Waals surface area (Å²) in [6, 6.07) is 13.2. The highest BCUT2D eigenvalue weighted by molar-refractivity contribution is 6.08. The number of aromatic hydroxyl groups is 1. The molecule has 1 amide bonds. The van der Waals surface area contributed by atoms with Gasteiger partial charge in [0.25, 0.3) is 5.91 Å². The van der Waals surface area contributed by atoms with Crippen LogP contribution >= 0.6 is 0 Å². The van der Waals surface area contributed by atoms with E-state index in [2.05, 4.69) is 10.2 Å². The zero-order valence-corrected chi connectivity index (χ0v) is 16.2. The average molecular weight is 378 g/mol. The fourth-order valence-electron chi connectivity index (χ4n) is 4.01. The van der Waals surface area contributed by atoms with E-state index in [4.69, 9.17) is 4.42 Å². The second-order valence-electron chi connectivity index (χ2n) is 7.47. The van der Waals surface area contributed by atoms with E-state index in [0.717, 1.165) is 29.6 Å². The molecule has 146 valence electrons. The zero-order chi connectivity index (χ0) is 19.5. The number of benzene rings is 2. The monoisotopic (exact) mass is 378 g/mol. The van der Waals surface area contributed by atoms with Crippen LogP contribution in [0.15, 0.2) is 46.9 Å². The van der Waals surface area contributed by atoms with Crippen LogP contribution in [0.2, 0.25) is 0 Å². The highest BCUT2D eigenvalue weighted by Gasteiger charge is 2.24. The minimum Gasteiger partial charge on any atom is -0.508 e. The number of likely N-dealkylation sites (tertiary alicyclic amines) is 1. The molecule has 5 nitrogen and oxygen atoms in total. The Kier molecular flexibility index (Phi) is 5.35. The van der Waals surface area contributed by atoms with Gasteiger partial charge in [-0.1, -0.05) is 36.8 Å². The van der Waals surface area contributed by atoms with Crippen molar-refractivity contribution in [2.24, 2.45) is 0 Å². The Hall–Kier alpha value is -2.79. The van der Waals surface area contributed by atoms with E-state index in [0.29, 0.717) is 30.0 Å². The molecule has 0 saturated carbocycles. The summed E-state index contributed by atoms with van der Waals surface area (Å²) in [5.41, 5.74) is 2.99. The van der Waals surface area contributed by atoms with Crippen LogP contribution in [0.1, 0.15) is 46.5 Å². The molecular weight excluding hydrogens is 352 g/mol. The van der Waals surface area contributed by atoms with Crippen LogP contribution in [0, 0.1) is 6.92 Å². The second-order valence-corrected chi connectivity index (χ2v) is 7.47. The Morgan fingerprint density at radius 1 is 1.11 bits per heavy atom. The molecule has 1 saturated heterocycles. The number of phenolic OH excluding ortho intramolecular Hbond substituents is 1. The highest BCUT2D eigenvalue weighted by atomic mass is 16.3. The van der Waals surface area contributed by atoms with Gasteiger partial charge in [-0.2, -0.15) is 0 Å². The molecule has 0 bridgehead atoms. The van der Waals surface area contributed by atoms with Crippen molar-refractivity contribution in [3.63, 3.8) is 0 Å². The number of hydrogen-bond donors (Lipinski definition) is 2. The first-order chi connectivity index (χ1) is 13.6. The maximum absolute atomic E-state index is 13.0. The highest BCUT2D eigenvalue weighted by Crippen LogP contribution is 2.35. The van der Waals surface area contributed by atoms with Gasteiger partial charge in [-0.15, -0.1) is 0 Å². The SMILES string of the molecule is Cc1oc2ccc(O)c(CN3CCCCC3)c2c1C(=O)NCc1ccccc1. The third kappa shape index (κ3) is 3.76. The number of nitrogens with one attached hydrogen (secondary N) is 1. The van der Waals surface area contributed by atoms with Crippen LogP contribution < -0.4 is 5.32 Å². The molecule has 1 aliphatic rings. The molecule has 0 aliphatic carbocycles. The van der Waals surface area contributed by atoms with Crippen LogP contribution in [0.3, 0.4) is 0 Å². The van der Waals surface area contributed by atoms with Gasteiger partial charge in [-0.3, -0.25) is 9.69 Å². The van der Waals surface area contributed by atoms with Crippen molar-refractivity contribution in [1.29, 1.82) is 0 Å². The predicted octanol–water partition coefficient (Wildman–Crippen LogP) is 4.36. The van der Waals surface area contributed by atoms with E-state index < -0.39 is 0 Å². The fourth-order valence-corrected chi connectivity index (χ4v) is 4.01. The number of nitrogens with zero attached hydrogens (tertiary/aromatic N) is 1. The molecule has 1 aromatic heterocycles. The first kappa shape index (κ1) is 18.6. The molecule has 3 aromatic rings.